The van der Waals surface area contributed by atoms with Crippen LogP contribution in [-0.2, 0) is 22.4 Å². The molecule has 1 fully saturated rings. The number of carbonyl (C=O) groups is 1. The minimum atomic E-state index is -0.360. The van der Waals surface area contributed by atoms with Gasteiger partial charge in [0.15, 0.2) is 0 Å². The molecule has 2 aromatic carbocycles. The van der Waals surface area contributed by atoms with Gasteiger partial charge in [-0.1, -0.05) is 41.9 Å². The summed E-state index contributed by atoms with van der Waals surface area (Å²) < 4.78 is 5.34. The molecule has 3 N–H and O–H groups in total. The molecule has 2 aliphatic rings. The van der Waals surface area contributed by atoms with E-state index in [1.807, 2.05) is 24.4 Å². The number of hydrogen-bond acceptors (Lipinski definition) is 5. The molecular formula is C28H30ClN5O2. The van der Waals surface area contributed by atoms with Crippen LogP contribution >= 0.6 is 11.6 Å². The lowest BCUT2D eigenvalue weighted by Crippen LogP contribution is -2.55. The molecule has 4 aromatic rings. The number of hydrogen-bond donors (Lipinski definition) is 3. The summed E-state index contributed by atoms with van der Waals surface area (Å²) in [7, 11) is 1.49. The summed E-state index contributed by atoms with van der Waals surface area (Å²) in [5.74, 6) is -0.186. The fourth-order valence-electron chi connectivity index (χ4n) is 6.18. The number of methoxy groups -OCH3 is 1. The standard InChI is InChI=1S/C28H30ClN5O2/c1-36-28(35)26-14-22-21-7-2-3-8-23(21)33-27(22)25-13-20(31-10-9-19-15-30-16-32-19)12-24(34(25)26)17-5-4-6-18(29)11-17/h2-8,11,15-16,20,24-26,31,33H,9-10,12-14H2,1H3,(H,30,32)/t20-,24-,25+,26-/m0/s1. The van der Waals surface area contributed by atoms with E-state index in [4.69, 9.17) is 16.3 Å². The number of H-pyrrole nitrogens is 2. The number of halogens is 1. The number of benzene rings is 2. The van der Waals surface area contributed by atoms with Gasteiger partial charge in [0.25, 0.3) is 0 Å². The zero-order chi connectivity index (χ0) is 24.6. The molecule has 0 unspecified atom stereocenters. The second-order valence-corrected chi connectivity index (χ2v) is 10.2. The third-order valence-corrected chi connectivity index (χ3v) is 8.00. The van der Waals surface area contributed by atoms with Crippen molar-refractivity contribution in [1.29, 1.82) is 0 Å². The molecule has 2 aliphatic heterocycles. The van der Waals surface area contributed by atoms with E-state index in [0.29, 0.717) is 11.4 Å². The Morgan fingerprint density at radius 1 is 1.19 bits per heavy atom. The highest BCUT2D eigenvalue weighted by Gasteiger charge is 2.48. The largest absolute Gasteiger partial charge is 0.468 e. The molecule has 0 radical (unpaired) electrons. The predicted molar refractivity (Wildman–Crippen MR) is 140 cm³/mol. The summed E-state index contributed by atoms with van der Waals surface area (Å²) in [6.45, 7) is 0.849. The first-order valence-corrected chi connectivity index (χ1v) is 12.9. The Morgan fingerprint density at radius 2 is 2.06 bits per heavy atom. The third kappa shape index (κ3) is 4.21. The Kier molecular flexibility index (Phi) is 6.29. The van der Waals surface area contributed by atoms with Crippen LogP contribution in [0.3, 0.4) is 0 Å². The highest BCUT2D eigenvalue weighted by molar-refractivity contribution is 6.30. The van der Waals surface area contributed by atoms with Crippen molar-refractivity contribution in [3.05, 3.63) is 88.6 Å². The van der Waals surface area contributed by atoms with Crippen LogP contribution in [0, 0.1) is 0 Å². The molecule has 0 saturated carbocycles. The number of fused-ring (bicyclic) bond motifs is 5. The molecule has 0 amide bonds. The van der Waals surface area contributed by atoms with Crippen molar-refractivity contribution >= 4 is 28.5 Å². The van der Waals surface area contributed by atoms with Crippen molar-refractivity contribution in [2.45, 2.75) is 49.9 Å². The monoisotopic (exact) mass is 503 g/mol. The zero-order valence-corrected chi connectivity index (χ0v) is 21.0. The first-order valence-electron chi connectivity index (χ1n) is 12.5. The van der Waals surface area contributed by atoms with Crippen LogP contribution in [-0.4, -0.2) is 51.6 Å². The van der Waals surface area contributed by atoms with Crippen LogP contribution in [0.5, 0.6) is 0 Å². The van der Waals surface area contributed by atoms with Crippen LogP contribution in [0.4, 0.5) is 0 Å². The van der Waals surface area contributed by atoms with Crippen molar-refractivity contribution in [2.75, 3.05) is 13.7 Å². The van der Waals surface area contributed by atoms with Gasteiger partial charge in [0.05, 0.1) is 19.5 Å². The Balaban J connectivity index is 1.40. The average Bonchev–Trinajstić information content (AvgIpc) is 3.55. The van der Waals surface area contributed by atoms with Crippen LogP contribution in [0.2, 0.25) is 5.02 Å². The van der Waals surface area contributed by atoms with Gasteiger partial charge in [-0.3, -0.25) is 9.69 Å². The number of esters is 1. The van der Waals surface area contributed by atoms with Gasteiger partial charge < -0.3 is 20.0 Å². The fraction of sp³-hybridized carbons (Fsp3) is 0.357. The zero-order valence-electron chi connectivity index (χ0n) is 20.2. The van der Waals surface area contributed by atoms with Crippen LogP contribution in [0.1, 0.15) is 47.4 Å². The molecule has 4 heterocycles. The van der Waals surface area contributed by atoms with Crippen LogP contribution in [0.15, 0.2) is 61.1 Å². The third-order valence-electron chi connectivity index (χ3n) is 7.76. The number of rotatable bonds is 6. The van der Waals surface area contributed by atoms with E-state index in [2.05, 4.69) is 55.5 Å². The van der Waals surface area contributed by atoms with Crippen molar-refractivity contribution in [2.24, 2.45) is 0 Å². The SMILES string of the molecule is COC(=O)[C@@H]1Cc2c([nH]c3ccccc23)[C@H]2C[C@@H](NCCc3cnc[nH]3)C[C@@H](c3cccc(Cl)c3)N21. The van der Waals surface area contributed by atoms with Crippen molar-refractivity contribution in [3.63, 3.8) is 0 Å². The number of aromatic amines is 2. The van der Waals surface area contributed by atoms with Crippen molar-refractivity contribution in [1.82, 2.24) is 25.2 Å². The molecule has 1 saturated heterocycles. The second-order valence-electron chi connectivity index (χ2n) is 9.79. The normalized spacial score (nSPS) is 23.8. The van der Waals surface area contributed by atoms with Gasteiger partial charge in [-0.05, 0) is 42.2 Å². The number of carbonyl (C=O) groups excluding carboxylic acids is 1. The lowest BCUT2D eigenvalue weighted by atomic mass is 9.79. The van der Waals surface area contributed by atoms with E-state index in [-0.39, 0.29) is 30.1 Å². The molecule has 8 heteroatoms. The Labute approximate surface area is 215 Å². The Hall–Kier alpha value is -3.13. The highest BCUT2D eigenvalue weighted by Crippen LogP contribution is 2.49. The summed E-state index contributed by atoms with van der Waals surface area (Å²) >= 11 is 6.44. The average molecular weight is 504 g/mol. The van der Waals surface area contributed by atoms with Gasteiger partial charge in [0.2, 0.25) is 0 Å². The van der Waals surface area contributed by atoms with E-state index < -0.39 is 0 Å². The maximum absolute atomic E-state index is 13.2. The maximum atomic E-state index is 13.2. The smallest absolute Gasteiger partial charge is 0.323 e. The Morgan fingerprint density at radius 3 is 2.86 bits per heavy atom. The number of aromatic nitrogens is 3. The van der Waals surface area contributed by atoms with E-state index >= 15 is 0 Å². The first-order chi connectivity index (χ1) is 17.6. The number of para-hydroxylation sites is 1. The van der Waals surface area contributed by atoms with Gasteiger partial charge in [-0.25, -0.2) is 4.98 Å². The molecule has 7 nitrogen and oxygen atoms in total. The molecule has 36 heavy (non-hydrogen) atoms. The summed E-state index contributed by atoms with van der Waals surface area (Å²) in [5.41, 5.74) is 5.80. The fourth-order valence-corrected chi connectivity index (χ4v) is 6.38. The summed E-state index contributed by atoms with van der Waals surface area (Å²) in [6.07, 6.45) is 6.87. The number of nitrogens with one attached hydrogen (secondary N) is 3. The van der Waals surface area contributed by atoms with Crippen molar-refractivity contribution < 1.29 is 9.53 Å². The topological polar surface area (TPSA) is 86.0 Å². The van der Waals surface area contributed by atoms with Gasteiger partial charge in [0.1, 0.15) is 6.04 Å². The second kappa shape index (κ2) is 9.73. The molecule has 186 valence electrons. The predicted octanol–water partition coefficient (Wildman–Crippen LogP) is 4.72. The van der Waals surface area contributed by atoms with Gasteiger partial charge in [-0.2, -0.15) is 0 Å². The minimum absolute atomic E-state index is 0.0239. The summed E-state index contributed by atoms with van der Waals surface area (Å²) in [5, 5.41) is 5.69. The summed E-state index contributed by atoms with van der Waals surface area (Å²) in [4.78, 5) is 26.6. The Bertz CT molecular complexity index is 1370. The number of ether oxygens (including phenoxy) is 1. The lowest BCUT2D eigenvalue weighted by molar-refractivity contribution is -0.152. The quantitative estimate of drug-likeness (QED) is 0.331. The lowest BCUT2D eigenvalue weighted by Gasteiger charge is -2.50. The van der Waals surface area contributed by atoms with E-state index in [0.717, 1.165) is 42.6 Å². The van der Waals surface area contributed by atoms with Gasteiger partial charge in [-0.15, -0.1) is 0 Å². The number of nitrogens with zero attached hydrogens (tertiary/aromatic N) is 2. The highest BCUT2D eigenvalue weighted by atomic mass is 35.5. The van der Waals surface area contributed by atoms with Crippen LogP contribution in [0.25, 0.3) is 10.9 Å². The van der Waals surface area contributed by atoms with E-state index in [9.17, 15) is 4.79 Å². The maximum Gasteiger partial charge on any atom is 0.323 e. The number of piperidine rings is 1. The molecule has 0 aliphatic carbocycles. The molecule has 6 rings (SSSR count). The van der Waals surface area contributed by atoms with Crippen LogP contribution < -0.4 is 5.32 Å². The number of imidazole rings is 1. The molecular weight excluding hydrogens is 474 g/mol. The minimum Gasteiger partial charge on any atom is -0.468 e. The van der Waals surface area contributed by atoms with Gasteiger partial charge in [0, 0.05) is 65.0 Å². The molecule has 0 bridgehead atoms. The van der Waals surface area contributed by atoms with E-state index in [1.54, 1.807) is 6.33 Å². The molecule has 4 atom stereocenters. The first kappa shape index (κ1) is 23.3. The molecule has 0 spiro atoms. The van der Waals surface area contributed by atoms with E-state index in [1.165, 1.54) is 23.8 Å². The van der Waals surface area contributed by atoms with Gasteiger partial charge >= 0.3 is 5.97 Å². The molecule has 2 aromatic heterocycles. The summed E-state index contributed by atoms with van der Waals surface area (Å²) in [6, 6.07) is 16.4. The van der Waals surface area contributed by atoms with Crippen molar-refractivity contribution in [3.8, 4) is 0 Å².